The van der Waals surface area contributed by atoms with Gasteiger partial charge in [-0.25, -0.2) is 0 Å². The molecule has 1 atom stereocenters. The average Bonchev–Trinajstić information content (AvgIpc) is 3.47. The van der Waals surface area contributed by atoms with Crippen LogP contribution in [0.3, 0.4) is 0 Å². The first-order valence-corrected chi connectivity index (χ1v) is 32.3. The van der Waals surface area contributed by atoms with E-state index in [0.717, 1.165) is 186 Å². The average molecular weight is 1110 g/mol. The predicted octanol–water partition coefficient (Wildman–Crippen LogP) is 22.4. The smallest absolute Gasteiger partial charge is 0.306 e. The number of rotatable bonds is 56. The van der Waals surface area contributed by atoms with Gasteiger partial charge in [0.15, 0.2) is 6.10 Å². The Kier molecular flexibility index (Phi) is 62.5. The Balaban J connectivity index is 4.48. The minimum atomic E-state index is -0.818. The lowest BCUT2D eigenvalue weighted by molar-refractivity contribution is -0.167. The molecule has 81 heavy (non-hydrogen) atoms. The molecule has 6 heteroatoms. The molecule has 0 aromatic carbocycles. The number of hydrogen-bond donors (Lipinski definition) is 0. The van der Waals surface area contributed by atoms with E-state index in [2.05, 4.69) is 203 Å². The zero-order valence-corrected chi connectivity index (χ0v) is 51.7. The van der Waals surface area contributed by atoms with Gasteiger partial charge >= 0.3 is 17.9 Å². The molecule has 0 fully saturated rings. The van der Waals surface area contributed by atoms with E-state index in [4.69, 9.17) is 14.2 Å². The van der Waals surface area contributed by atoms with Crippen molar-refractivity contribution < 1.29 is 28.6 Å². The Morgan fingerprint density at radius 2 is 0.444 bits per heavy atom. The Morgan fingerprint density at radius 3 is 0.691 bits per heavy atom. The highest BCUT2D eigenvalue weighted by molar-refractivity contribution is 5.71. The van der Waals surface area contributed by atoms with Crippen molar-refractivity contribution in [2.24, 2.45) is 0 Å². The summed E-state index contributed by atoms with van der Waals surface area (Å²) in [5, 5.41) is 0. The Morgan fingerprint density at radius 1 is 0.247 bits per heavy atom. The lowest BCUT2D eigenvalue weighted by Crippen LogP contribution is -2.30. The van der Waals surface area contributed by atoms with Crippen molar-refractivity contribution in [3.8, 4) is 0 Å². The lowest BCUT2D eigenvalue weighted by atomic mass is 10.1. The molecule has 6 nitrogen and oxygen atoms in total. The van der Waals surface area contributed by atoms with E-state index in [1.807, 2.05) is 0 Å². The molecule has 0 aliphatic heterocycles. The van der Waals surface area contributed by atoms with Gasteiger partial charge in [-0.3, -0.25) is 14.4 Å². The Bertz CT molecular complexity index is 1900. The molecule has 1 unspecified atom stereocenters. The van der Waals surface area contributed by atoms with Crippen molar-refractivity contribution in [2.45, 2.75) is 258 Å². The van der Waals surface area contributed by atoms with Crippen LogP contribution in [0.4, 0.5) is 0 Å². The molecule has 0 heterocycles. The van der Waals surface area contributed by atoms with Crippen molar-refractivity contribution in [3.05, 3.63) is 182 Å². The zero-order valence-electron chi connectivity index (χ0n) is 51.7. The van der Waals surface area contributed by atoms with Crippen molar-refractivity contribution >= 4 is 17.9 Å². The van der Waals surface area contributed by atoms with Gasteiger partial charge in [0.1, 0.15) is 13.2 Å². The summed E-state index contributed by atoms with van der Waals surface area (Å²) in [6.07, 6.45) is 100. The van der Waals surface area contributed by atoms with Crippen molar-refractivity contribution in [2.75, 3.05) is 13.2 Å². The molecule has 0 spiro atoms. The summed E-state index contributed by atoms with van der Waals surface area (Å²) in [6, 6.07) is 0. The predicted molar refractivity (Wildman–Crippen MR) is 352 cm³/mol. The van der Waals surface area contributed by atoms with Crippen LogP contribution in [0.25, 0.3) is 0 Å². The fraction of sp³-hybridized carbons (Fsp3) is 0.560. The molecule has 0 saturated heterocycles. The number of carbonyl (C=O) groups is 3. The third-order valence-electron chi connectivity index (χ3n) is 12.9. The summed E-state index contributed by atoms with van der Waals surface area (Å²) < 4.78 is 16.9. The molecule has 0 bridgehead atoms. The number of hydrogen-bond acceptors (Lipinski definition) is 6. The molecular weight excluding hydrogens is 997 g/mol. The lowest BCUT2D eigenvalue weighted by Gasteiger charge is -2.18. The molecule has 0 aromatic heterocycles. The summed E-state index contributed by atoms with van der Waals surface area (Å²) in [4.78, 5) is 38.4. The highest BCUT2D eigenvalue weighted by Gasteiger charge is 2.19. The number of ether oxygens (including phenoxy) is 3. The monoisotopic (exact) mass is 1110 g/mol. The van der Waals surface area contributed by atoms with Crippen LogP contribution in [0.2, 0.25) is 0 Å². The zero-order chi connectivity index (χ0) is 58.5. The maximum absolute atomic E-state index is 12.9. The van der Waals surface area contributed by atoms with Crippen LogP contribution in [0.1, 0.15) is 252 Å². The maximum atomic E-state index is 12.9. The summed E-state index contributed by atoms with van der Waals surface area (Å²) in [6.45, 7) is 6.24. The van der Waals surface area contributed by atoms with Gasteiger partial charge in [-0.2, -0.15) is 0 Å². The SMILES string of the molecule is CC/C=C\C/C=C\C/C=C\C/C=C\C/C=C\C/C=C\C/C=C\C/C=C\CCCCCCC(=O)OCC(COC(=O)CCCCCCCCC/C=C\C/C=C\C/C=C\CC)OC(=O)CCCCCC/C=C\C/C=C\C/C=C\C/C=C\CC. The largest absolute Gasteiger partial charge is 0.462 e. The minimum absolute atomic E-state index is 0.111. The van der Waals surface area contributed by atoms with Crippen LogP contribution in [0.15, 0.2) is 182 Å². The topological polar surface area (TPSA) is 78.9 Å². The Hall–Kier alpha value is -5.49. The molecule has 0 rings (SSSR count). The van der Waals surface area contributed by atoms with Crippen molar-refractivity contribution in [1.29, 1.82) is 0 Å². The molecule has 0 aliphatic rings. The van der Waals surface area contributed by atoms with E-state index in [-0.39, 0.29) is 37.5 Å². The van der Waals surface area contributed by atoms with E-state index in [9.17, 15) is 14.4 Å². The highest BCUT2D eigenvalue weighted by Crippen LogP contribution is 2.14. The van der Waals surface area contributed by atoms with E-state index < -0.39 is 6.10 Å². The number of allylic oxidation sites excluding steroid dienone is 30. The normalized spacial score (nSPS) is 13.4. The molecule has 0 amide bonds. The third-order valence-corrected chi connectivity index (χ3v) is 12.9. The number of carbonyl (C=O) groups excluding carboxylic acids is 3. The second kappa shape index (κ2) is 67.0. The first-order chi connectivity index (χ1) is 40.0. The first kappa shape index (κ1) is 75.5. The van der Waals surface area contributed by atoms with Crippen molar-refractivity contribution in [1.82, 2.24) is 0 Å². The minimum Gasteiger partial charge on any atom is -0.462 e. The molecule has 0 aliphatic carbocycles. The summed E-state index contributed by atoms with van der Waals surface area (Å²) >= 11 is 0. The van der Waals surface area contributed by atoms with Crippen LogP contribution in [-0.2, 0) is 28.6 Å². The molecule has 0 N–H and O–H groups in total. The summed E-state index contributed by atoms with van der Waals surface area (Å²) in [5.74, 6) is -0.976. The van der Waals surface area contributed by atoms with Crippen LogP contribution >= 0.6 is 0 Å². The highest BCUT2D eigenvalue weighted by atomic mass is 16.6. The molecule has 452 valence electrons. The van der Waals surface area contributed by atoms with Gasteiger partial charge in [0.2, 0.25) is 0 Å². The van der Waals surface area contributed by atoms with E-state index in [0.29, 0.717) is 12.8 Å². The maximum Gasteiger partial charge on any atom is 0.306 e. The van der Waals surface area contributed by atoms with Crippen LogP contribution in [0.5, 0.6) is 0 Å². The van der Waals surface area contributed by atoms with Crippen LogP contribution < -0.4 is 0 Å². The standard InChI is InChI=1S/C75H116O6/c1-4-7-10-13-16-19-22-25-28-31-32-33-34-35-36-37-38-39-40-41-42-45-47-50-53-56-59-62-65-68-74(77)80-71-72(81-75(78)69-66-63-60-57-54-51-48-44-30-27-24-21-18-15-12-9-6-3)70-79-73(76)67-64-61-58-55-52-49-46-43-29-26-23-20-17-14-11-8-5-2/h7-12,16-21,25-30,32-33,35-36,38-39,41-42,47-48,50-51,72H,4-6,13-15,22-24,31,34,37,40,43-46,49,52-71H2,1-3H3/b10-7-,11-8-,12-9-,19-16-,20-17-,21-18-,28-25-,29-26-,30-27-,33-32-,36-35-,39-38-,42-41-,50-47-,51-48-. The van der Waals surface area contributed by atoms with E-state index >= 15 is 0 Å². The van der Waals surface area contributed by atoms with Gasteiger partial charge in [0.25, 0.3) is 0 Å². The molecule has 0 saturated carbocycles. The summed E-state index contributed by atoms with van der Waals surface area (Å²) in [7, 11) is 0. The van der Waals surface area contributed by atoms with Crippen LogP contribution in [-0.4, -0.2) is 37.2 Å². The van der Waals surface area contributed by atoms with E-state index in [1.165, 1.54) is 25.7 Å². The molecular formula is C75H116O6. The van der Waals surface area contributed by atoms with Gasteiger partial charge in [-0.1, -0.05) is 261 Å². The fourth-order valence-electron chi connectivity index (χ4n) is 8.17. The number of unbranched alkanes of at least 4 members (excludes halogenated alkanes) is 15. The van der Waals surface area contributed by atoms with Crippen LogP contribution in [0, 0.1) is 0 Å². The quantitative estimate of drug-likeness (QED) is 0.0261. The second-order valence-corrected chi connectivity index (χ2v) is 20.5. The third kappa shape index (κ3) is 65.2. The first-order valence-electron chi connectivity index (χ1n) is 32.3. The van der Waals surface area contributed by atoms with E-state index in [1.54, 1.807) is 0 Å². The van der Waals surface area contributed by atoms with Gasteiger partial charge in [-0.15, -0.1) is 0 Å². The fourth-order valence-corrected chi connectivity index (χ4v) is 8.17. The van der Waals surface area contributed by atoms with Gasteiger partial charge in [0, 0.05) is 19.3 Å². The van der Waals surface area contributed by atoms with Crippen molar-refractivity contribution in [3.63, 3.8) is 0 Å². The van der Waals surface area contributed by atoms with Gasteiger partial charge in [-0.05, 0) is 154 Å². The second-order valence-electron chi connectivity index (χ2n) is 20.5. The van der Waals surface area contributed by atoms with Gasteiger partial charge < -0.3 is 14.2 Å². The molecule has 0 radical (unpaired) electrons. The Labute approximate surface area is 497 Å². The summed E-state index contributed by atoms with van der Waals surface area (Å²) in [5.41, 5.74) is 0. The number of esters is 3. The van der Waals surface area contributed by atoms with Gasteiger partial charge in [0.05, 0.1) is 0 Å². The molecule has 0 aromatic rings.